The average Bonchev–Trinajstić information content (AvgIpc) is 2.74. The van der Waals surface area contributed by atoms with Crippen LogP contribution in [0.1, 0.15) is 47.8 Å². The highest BCUT2D eigenvalue weighted by Gasteiger charge is 2.30. The molecule has 2 aromatic rings. The van der Waals surface area contributed by atoms with Crippen LogP contribution in [0.5, 0.6) is 0 Å². The summed E-state index contributed by atoms with van der Waals surface area (Å²) in [5.74, 6) is -0.444. The van der Waals surface area contributed by atoms with Crippen molar-refractivity contribution in [2.75, 3.05) is 6.54 Å². The van der Waals surface area contributed by atoms with E-state index in [2.05, 4.69) is 5.10 Å². The van der Waals surface area contributed by atoms with Gasteiger partial charge in [-0.25, -0.2) is 4.39 Å². The molecule has 122 valence electrons. The molecule has 3 rings (SSSR count). The minimum Gasteiger partial charge on any atom is -0.330 e. The van der Waals surface area contributed by atoms with E-state index in [1.807, 2.05) is 11.9 Å². The number of amides is 1. The number of aryl methyl sites for hydroxylation is 1. The second-order valence-corrected chi connectivity index (χ2v) is 6.31. The van der Waals surface area contributed by atoms with Crippen LogP contribution in [0.15, 0.2) is 30.5 Å². The lowest BCUT2D eigenvalue weighted by Crippen LogP contribution is -2.35. The summed E-state index contributed by atoms with van der Waals surface area (Å²) >= 11 is 6.30. The number of likely N-dealkylation sites (tertiary alicyclic amines) is 1. The molecular weight excluding hydrogens is 317 g/mol. The number of carbonyl (C=O) groups is 1. The van der Waals surface area contributed by atoms with Crippen LogP contribution in [0.3, 0.4) is 0 Å². The summed E-state index contributed by atoms with van der Waals surface area (Å²) < 4.78 is 14.8. The Bertz CT molecular complexity index is 698. The molecule has 0 bridgehead atoms. The first-order valence-electron chi connectivity index (χ1n) is 7.82. The van der Waals surface area contributed by atoms with Gasteiger partial charge in [-0.3, -0.25) is 9.48 Å². The molecule has 6 heteroatoms. The molecule has 1 aliphatic rings. The Kier molecular flexibility index (Phi) is 4.66. The highest BCUT2D eigenvalue weighted by atomic mass is 35.5. The molecule has 23 heavy (non-hydrogen) atoms. The number of rotatable bonds is 2. The molecule has 0 saturated carbocycles. The molecule has 4 nitrogen and oxygen atoms in total. The number of carbonyl (C=O) groups excluding carboxylic acids is 1. The van der Waals surface area contributed by atoms with Crippen LogP contribution in [-0.2, 0) is 7.05 Å². The van der Waals surface area contributed by atoms with E-state index in [1.54, 1.807) is 10.9 Å². The Morgan fingerprint density at radius 3 is 2.65 bits per heavy atom. The van der Waals surface area contributed by atoms with Gasteiger partial charge in [0.2, 0.25) is 0 Å². The van der Waals surface area contributed by atoms with Crippen molar-refractivity contribution in [1.29, 1.82) is 0 Å². The van der Waals surface area contributed by atoms with Crippen molar-refractivity contribution in [3.63, 3.8) is 0 Å². The van der Waals surface area contributed by atoms with Gasteiger partial charge in [0.15, 0.2) is 0 Å². The quantitative estimate of drug-likeness (QED) is 0.832. The van der Waals surface area contributed by atoms with Crippen molar-refractivity contribution in [3.05, 3.63) is 52.6 Å². The van der Waals surface area contributed by atoms with Crippen LogP contribution in [0.4, 0.5) is 4.39 Å². The zero-order valence-corrected chi connectivity index (χ0v) is 13.8. The molecule has 1 aliphatic heterocycles. The topological polar surface area (TPSA) is 38.1 Å². The molecular formula is C17H19ClFN3O. The fourth-order valence-corrected chi connectivity index (χ4v) is 3.40. The molecule has 1 aromatic carbocycles. The van der Waals surface area contributed by atoms with E-state index < -0.39 is 0 Å². The molecule has 1 atom stereocenters. The standard InChI is InChI=1S/C17H19ClFN3O/c1-21-11-14(18)16(20-21)15-5-3-2-4-10-22(15)17(23)12-6-8-13(19)9-7-12/h6-9,11,15H,2-5,10H2,1H3/t15-/m1/s1. The first kappa shape index (κ1) is 16.0. The lowest BCUT2D eigenvalue weighted by molar-refractivity contribution is 0.0676. The number of hydrogen-bond acceptors (Lipinski definition) is 2. The Morgan fingerprint density at radius 1 is 1.26 bits per heavy atom. The number of benzene rings is 1. The lowest BCUT2D eigenvalue weighted by atomic mass is 10.1. The van der Waals surface area contributed by atoms with E-state index in [9.17, 15) is 9.18 Å². The van der Waals surface area contributed by atoms with Gasteiger partial charge >= 0.3 is 0 Å². The van der Waals surface area contributed by atoms with Crippen molar-refractivity contribution in [3.8, 4) is 0 Å². The van der Waals surface area contributed by atoms with Gasteiger partial charge < -0.3 is 4.90 Å². The van der Waals surface area contributed by atoms with Crippen LogP contribution < -0.4 is 0 Å². The molecule has 1 fully saturated rings. The zero-order chi connectivity index (χ0) is 16.4. The van der Waals surface area contributed by atoms with Crippen molar-refractivity contribution < 1.29 is 9.18 Å². The first-order chi connectivity index (χ1) is 11.1. The Labute approximate surface area is 139 Å². The van der Waals surface area contributed by atoms with Gasteiger partial charge in [-0.15, -0.1) is 0 Å². The normalized spacial score (nSPS) is 18.7. The van der Waals surface area contributed by atoms with E-state index in [0.29, 0.717) is 17.1 Å². The predicted molar refractivity (Wildman–Crippen MR) is 86.9 cm³/mol. The molecule has 2 heterocycles. The molecule has 0 unspecified atom stereocenters. The van der Waals surface area contributed by atoms with Crippen molar-refractivity contribution >= 4 is 17.5 Å². The third-order valence-electron chi connectivity index (χ3n) is 4.23. The molecule has 0 radical (unpaired) electrons. The summed E-state index contributed by atoms with van der Waals surface area (Å²) in [5, 5.41) is 5.03. The predicted octanol–water partition coefficient (Wildman–Crippen LogP) is 3.97. The third kappa shape index (κ3) is 3.39. The van der Waals surface area contributed by atoms with E-state index in [4.69, 9.17) is 11.6 Å². The fourth-order valence-electron chi connectivity index (χ4n) is 3.10. The summed E-state index contributed by atoms with van der Waals surface area (Å²) in [6, 6.07) is 5.55. The van der Waals surface area contributed by atoms with E-state index in [1.165, 1.54) is 24.3 Å². The van der Waals surface area contributed by atoms with E-state index in [0.717, 1.165) is 31.4 Å². The number of nitrogens with zero attached hydrogens (tertiary/aromatic N) is 3. The largest absolute Gasteiger partial charge is 0.330 e. The smallest absolute Gasteiger partial charge is 0.254 e. The van der Waals surface area contributed by atoms with Crippen LogP contribution in [0.2, 0.25) is 5.02 Å². The Balaban J connectivity index is 1.94. The highest BCUT2D eigenvalue weighted by Crippen LogP contribution is 2.34. The first-order valence-corrected chi connectivity index (χ1v) is 8.19. The van der Waals surface area contributed by atoms with Crippen LogP contribution in [-0.4, -0.2) is 27.1 Å². The van der Waals surface area contributed by atoms with Gasteiger partial charge in [-0.1, -0.05) is 24.4 Å². The number of aromatic nitrogens is 2. The summed E-state index contributed by atoms with van der Waals surface area (Å²) in [7, 11) is 1.82. The maximum Gasteiger partial charge on any atom is 0.254 e. The highest BCUT2D eigenvalue weighted by molar-refractivity contribution is 6.31. The Hall–Kier alpha value is -1.88. The van der Waals surface area contributed by atoms with Crippen molar-refractivity contribution in [1.82, 2.24) is 14.7 Å². The van der Waals surface area contributed by atoms with Gasteiger partial charge in [0.25, 0.3) is 5.91 Å². The number of hydrogen-bond donors (Lipinski definition) is 0. The molecule has 1 aromatic heterocycles. The average molecular weight is 336 g/mol. The third-order valence-corrected chi connectivity index (χ3v) is 4.52. The van der Waals surface area contributed by atoms with Gasteiger partial charge in [-0.2, -0.15) is 5.10 Å². The Morgan fingerprint density at radius 2 is 2.00 bits per heavy atom. The molecule has 0 spiro atoms. The zero-order valence-electron chi connectivity index (χ0n) is 13.0. The van der Waals surface area contributed by atoms with E-state index >= 15 is 0 Å². The van der Waals surface area contributed by atoms with Crippen molar-refractivity contribution in [2.45, 2.75) is 31.7 Å². The van der Waals surface area contributed by atoms with E-state index in [-0.39, 0.29) is 17.8 Å². The fraction of sp³-hybridized carbons (Fsp3) is 0.412. The summed E-state index contributed by atoms with van der Waals surface area (Å²) in [6.45, 7) is 0.660. The SMILES string of the molecule is Cn1cc(Cl)c([C@H]2CCCCCN2C(=O)c2ccc(F)cc2)n1. The van der Waals surface area contributed by atoms with Gasteiger partial charge in [0, 0.05) is 25.4 Å². The van der Waals surface area contributed by atoms with Gasteiger partial charge in [0.1, 0.15) is 11.5 Å². The molecule has 1 saturated heterocycles. The second kappa shape index (κ2) is 6.71. The monoisotopic (exact) mass is 335 g/mol. The molecule has 0 aliphatic carbocycles. The lowest BCUT2D eigenvalue weighted by Gasteiger charge is -2.29. The maximum absolute atomic E-state index is 13.1. The summed E-state index contributed by atoms with van der Waals surface area (Å²) in [4.78, 5) is 14.7. The number of halogens is 2. The van der Waals surface area contributed by atoms with Gasteiger partial charge in [-0.05, 0) is 37.1 Å². The summed E-state index contributed by atoms with van der Waals surface area (Å²) in [5.41, 5.74) is 1.23. The minimum absolute atomic E-state index is 0.0985. The van der Waals surface area contributed by atoms with Crippen LogP contribution in [0, 0.1) is 5.82 Å². The van der Waals surface area contributed by atoms with Crippen LogP contribution in [0.25, 0.3) is 0 Å². The minimum atomic E-state index is -0.346. The maximum atomic E-state index is 13.1. The van der Waals surface area contributed by atoms with Gasteiger partial charge in [0.05, 0.1) is 11.1 Å². The molecule has 0 N–H and O–H groups in total. The molecule has 1 amide bonds. The van der Waals surface area contributed by atoms with Crippen LogP contribution >= 0.6 is 11.6 Å². The summed E-state index contributed by atoms with van der Waals surface area (Å²) in [6.07, 6.45) is 5.65. The van der Waals surface area contributed by atoms with Crippen molar-refractivity contribution in [2.24, 2.45) is 7.05 Å². The second-order valence-electron chi connectivity index (χ2n) is 5.91.